The first kappa shape index (κ1) is 13.2. The van der Waals surface area contributed by atoms with E-state index in [9.17, 15) is 9.59 Å². The molecule has 1 aliphatic heterocycles. The van der Waals surface area contributed by atoms with Gasteiger partial charge in [-0.1, -0.05) is 30.3 Å². The van der Waals surface area contributed by atoms with E-state index < -0.39 is 6.04 Å². The van der Waals surface area contributed by atoms with Gasteiger partial charge in [0.15, 0.2) is 0 Å². The molecule has 1 aromatic carbocycles. The Labute approximate surface area is 121 Å². The van der Waals surface area contributed by atoms with E-state index in [1.54, 1.807) is 12.3 Å². The predicted octanol–water partition coefficient (Wildman–Crippen LogP) is 1.17. The smallest absolute Gasteiger partial charge is 0.315 e. The Morgan fingerprint density at radius 3 is 2.67 bits per heavy atom. The molecule has 0 radical (unpaired) electrons. The lowest BCUT2D eigenvalue weighted by atomic mass is 10.0. The van der Waals surface area contributed by atoms with Gasteiger partial charge < -0.3 is 20.4 Å². The van der Waals surface area contributed by atoms with Crippen LogP contribution in [0.15, 0.2) is 53.1 Å². The van der Waals surface area contributed by atoms with Gasteiger partial charge in [-0.25, -0.2) is 4.79 Å². The maximum Gasteiger partial charge on any atom is 0.315 e. The van der Waals surface area contributed by atoms with Crippen molar-refractivity contribution in [3.8, 4) is 0 Å². The highest BCUT2D eigenvalue weighted by atomic mass is 16.3. The largest absolute Gasteiger partial charge is 0.467 e. The van der Waals surface area contributed by atoms with E-state index in [-0.39, 0.29) is 24.5 Å². The minimum Gasteiger partial charge on any atom is -0.467 e. The summed E-state index contributed by atoms with van der Waals surface area (Å²) in [7, 11) is 0. The zero-order valence-corrected chi connectivity index (χ0v) is 11.2. The molecule has 6 nitrogen and oxygen atoms in total. The van der Waals surface area contributed by atoms with Crippen molar-refractivity contribution in [2.75, 3.05) is 6.54 Å². The summed E-state index contributed by atoms with van der Waals surface area (Å²) < 4.78 is 5.42. The third kappa shape index (κ3) is 2.89. The number of carbonyl (C=O) groups excluding carboxylic acids is 2. The quantitative estimate of drug-likeness (QED) is 0.788. The molecule has 0 aliphatic carbocycles. The molecule has 3 rings (SSSR count). The molecular weight excluding hydrogens is 270 g/mol. The van der Waals surface area contributed by atoms with Crippen molar-refractivity contribution in [1.82, 2.24) is 16.0 Å². The number of carbonyl (C=O) groups is 2. The molecule has 1 aliphatic rings. The summed E-state index contributed by atoms with van der Waals surface area (Å²) in [6, 6.07) is 11.8. The highest BCUT2D eigenvalue weighted by Gasteiger charge is 2.29. The third-order valence-corrected chi connectivity index (χ3v) is 3.34. The highest BCUT2D eigenvalue weighted by molar-refractivity contribution is 5.90. The van der Waals surface area contributed by atoms with Crippen molar-refractivity contribution >= 4 is 11.9 Å². The van der Waals surface area contributed by atoms with Crippen molar-refractivity contribution in [2.45, 2.75) is 12.1 Å². The van der Waals surface area contributed by atoms with Crippen LogP contribution in [0.4, 0.5) is 4.79 Å². The molecule has 1 fully saturated rings. The van der Waals surface area contributed by atoms with Gasteiger partial charge in [0.05, 0.1) is 6.26 Å². The topological polar surface area (TPSA) is 83.4 Å². The number of hydrogen-bond donors (Lipinski definition) is 3. The number of rotatable bonds is 4. The van der Waals surface area contributed by atoms with Crippen LogP contribution in [0.25, 0.3) is 0 Å². The normalized spacial score (nSPS) is 18.7. The summed E-state index contributed by atoms with van der Waals surface area (Å²) in [6.07, 6.45) is 1.57. The molecule has 0 saturated carbocycles. The van der Waals surface area contributed by atoms with Crippen molar-refractivity contribution in [3.63, 3.8) is 0 Å². The maximum atomic E-state index is 12.3. The van der Waals surface area contributed by atoms with E-state index in [2.05, 4.69) is 16.0 Å². The molecule has 3 amide bonds. The monoisotopic (exact) mass is 285 g/mol. The van der Waals surface area contributed by atoms with Crippen LogP contribution in [0.3, 0.4) is 0 Å². The van der Waals surface area contributed by atoms with E-state index in [0.29, 0.717) is 5.76 Å². The zero-order chi connectivity index (χ0) is 14.7. The number of nitrogens with one attached hydrogen (secondary N) is 3. The molecule has 6 heteroatoms. The molecule has 108 valence electrons. The van der Waals surface area contributed by atoms with Gasteiger partial charge in [-0.15, -0.1) is 0 Å². The van der Waals surface area contributed by atoms with Crippen molar-refractivity contribution in [1.29, 1.82) is 0 Å². The fraction of sp³-hybridized carbons (Fsp3) is 0.200. The number of benzene rings is 1. The fourth-order valence-electron chi connectivity index (χ4n) is 2.28. The van der Waals surface area contributed by atoms with E-state index >= 15 is 0 Å². The van der Waals surface area contributed by atoms with Gasteiger partial charge in [0.2, 0.25) is 5.91 Å². The predicted molar refractivity (Wildman–Crippen MR) is 75.5 cm³/mol. The molecule has 2 heterocycles. The summed E-state index contributed by atoms with van der Waals surface area (Å²) in [5.41, 5.74) is 0.915. The van der Waals surface area contributed by atoms with Crippen LogP contribution in [-0.4, -0.2) is 24.5 Å². The van der Waals surface area contributed by atoms with Crippen LogP contribution in [-0.2, 0) is 4.79 Å². The van der Waals surface area contributed by atoms with Gasteiger partial charge in [-0.3, -0.25) is 4.79 Å². The summed E-state index contributed by atoms with van der Waals surface area (Å²) in [5.74, 6) is 0.394. The van der Waals surface area contributed by atoms with Crippen LogP contribution in [0.5, 0.6) is 0 Å². The number of hydrogen-bond acceptors (Lipinski definition) is 3. The zero-order valence-electron chi connectivity index (χ0n) is 11.2. The Balaban J connectivity index is 1.80. The molecule has 2 aromatic rings. The lowest BCUT2D eigenvalue weighted by Gasteiger charge is -2.19. The lowest BCUT2D eigenvalue weighted by molar-refractivity contribution is -0.123. The lowest BCUT2D eigenvalue weighted by Crippen LogP contribution is -2.44. The Kier molecular flexibility index (Phi) is 3.59. The Morgan fingerprint density at radius 2 is 2.05 bits per heavy atom. The molecule has 1 saturated heterocycles. The average molecular weight is 285 g/mol. The molecule has 21 heavy (non-hydrogen) atoms. The van der Waals surface area contributed by atoms with Gasteiger partial charge in [-0.2, -0.15) is 0 Å². The minimum atomic E-state index is -0.571. The van der Waals surface area contributed by atoms with Crippen LogP contribution in [0, 0.1) is 0 Å². The SMILES string of the molecule is O=C1NC[C@@H](C(=O)N[C@H](c2ccccc2)c2ccco2)N1. The van der Waals surface area contributed by atoms with E-state index in [1.807, 2.05) is 36.4 Å². The number of urea groups is 1. The van der Waals surface area contributed by atoms with E-state index in [4.69, 9.17) is 4.42 Å². The fourth-order valence-corrected chi connectivity index (χ4v) is 2.28. The van der Waals surface area contributed by atoms with Gasteiger partial charge in [0, 0.05) is 6.54 Å². The Morgan fingerprint density at radius 1 is 1.24 bits per heavy atom. The maximum absolute atomic E-state index is 12.3. The van der Waals surface area contributed by atoms with Gasteiger partial charge in [0.25, 0.3) is 0 Å². The second-order valence-electron chi connectivity index (χ2n) is 4.77. The average Bonchev–Trinajstić information content (AvgIpc) is 3.17. The van der Waals surface area contributed by atoms with Gasteiger partial charge in [-0.05, 0) is 17.7 Å². The molecular formula is C15H15N3O3. The molecule has 0 bridgehead atoms. The molecule has 3 N–H and O–H groups in total. The first-order chi connectivity index (χ1) is 10.2. The number of furan rings is 1. The van der Waals surface area contributed by atoms with E-state index in [0.717, 1.165) is 5.56 Å². The molecule has 2 atom stereocenters. The summed E-state index contributed by atoms with van der Waals surface area (Å²) >= 11 is 0. The van der Waals surface area contributed by atoms with Gasteiger partial charge >= 0.3 is 6.03 Å². The summed E-state index contributed by atoms with van der Waals surface area (Å²) in [4.78, 5) is 23.4. The second kappa shape index (κ2) is 5.70. The second-order valence-corrected chi connectivity index (χ2v) is 4.77. The molecule has 0 spiro atoms. The van der Waals surface area contributed by atoms with Crippen LogP contribution in [0.2, 0.25) is 0 Å². The summed E-state index contributed by atoms with van der Waals surface area (Å²) in [6.45, 7) is 0.282. The van der Waals surface area contributed by atoms with Crippen molar-refractivity contribution in [3.05, 3.63) is 60.1 Å². The Bertz CT molecular complexity index is 625. The third-order valence-electron chi connectivity index (χ3n) is 3.34. The Hall–Kier alpha value is -2.76. The standard InChI is InChI=1S/C15H15N3O3/c19-14(11-9-16-15(20)17-11)18-13(12-7-4-8-21-12)10-5-2-1-3-6-10/h1-8,11,13H,9H2,(H,18,19)(H2,16,17,20)/t11-,13+/m0/s1. The van der Waals surface area contributed by atoms with Crippen molar-refractivity contribution < 1.29 is 14.0 Å². The summed E-state index contributed by atoms with van der Waals surface area (Å²) in [5, 5.41) is 8.04. The molecule has 0 unspecified atom stereocenters. The number of amides is 3. The van der Waals surface area contributed by atoms with Crippen LogP contribution < -0.4 is 16.0 Å². The van der Waals surface area contributed by atoms with Gasteiger partial charge in [0.1, 0.15) is 17.8 Å². The first-order valence-electron chi connectivity index (χ1n) is 6.67. The first-order valence-corrected chi connectivity index (χ1v) is 6.67. The van der Waals surface area contributed by atoms with Crippen LogP contribution >= 0.6 is 0 Å². The van der Waals surface area contributed by atoms with Crippen molar-refractivity contribution in [2.24, 2.45) is 0 Å². The van der Waals surface area contributed by atoms with Crippen LogP contribution in [0.1, 0.15) is 17.4 Å². The molecule has 1 aromatic heterocycles. The van der Waals surface area contributed by atoms with E-state index in [1.165, 1.54) is 0 Å². The highest BCUT2D eigenvalue weighted by Crippen LogP contribution is 2.22. The minimum absolute atomic E-state index is 0.251.